The number of carbonyl (C=O) groups is 2. The smallest absolute Gasteiger partial charge is 0.460 e. The van der Waals surface area contributed by atoms with Crippen molar-refractivity contribution in [3.05, 3.63) is 57.6 Å². The molecule has 0 aliphatic carbocycles. The summed E-state index contributed by atoms with van der Waals surface area (Å²) in [5.74, 6) is 1.78. The fourth-order valence-electron chi connectivity index (χ4n) is 8.68. The minimum atomic E-state index is -2.36. The van der Waals surface area contributed by atoms with Crippen LogP contribution in [0.1, 0.15) is 293 Å². The number of hydrogen-bond acceptors (Lipinski definition) is 7. The van der Waals surface area contributed by atoms with Gasteiger partial charge in [-0.25, -0.2) is 0 Å². The van der Waals surface area contributed by atoms with E-state index < -0.39 is 8.60 Å². The third-order valence-electron chi connectivity index (χ3n) is 14.1. The zero-order chi connectivity index (χ0) is 50.5. The SMILES string of the molecule is CCCCCCCCCCCCOC(=O)CCc1cc(C(C)CC)c(OP(O)Oc2c(C(C)CC)cc(CCC(=O)OCCCCCCCCCCCC)cc2C(C)CC)c(C(C)CC)c1.CF. The van der Waals surface area contributed by atoms with Crippen molar-refractivity contribution in [1.82, 2.24) is 0 Å². The summed E-state index contributed by atoms with van der Waals surface area (Å²) in [5.41, 5.74) is 6.32. The average Bonchev–Trinajstić information content (AvgIpc) is 3.35. The van der Waals surface area contributed by atoms with E-state index in [0.717, 1.165) is 84.7 Å². The number of aryl methyl sites for hydroxylation is 2. The first-order chi connectivity index (χ1) is 32.9. The quantitative estimate of drug-likeness (QED) is 0.0404. The molecule has 68 heavy (non-hydrogen) atoms. The molecule has 0 bridgehead atoms. The molecule has 2 aromatic rings. The average molecular weight is 973 g/mol. The first-order valence-corrected chi connectivity index (χ1v) is 28.9. The lowest BCUT2D eigenvalue weighted by molar-refractivity contribution is -0.144. The summed E-state index contributed by atoms with van der Waals surface area (Å²) in [6.07, 6.45) is 30.5. The van der Waals surface area contributed by atoms with E-state index in [2.05, 4.69) is 93.5 Å². The molecule has 1 N–H and O–H groups in total. The lowest BCUT2D eigenvalue weighted by Gasteiger charge is -2.27. The Kier molecular flexibility index (Phi) is 37.2. The number of hydrogen-bond donors (Lipinski definition) is 1. The van der Waals surface area contributed by atoms with Crippen molar-refractivity contribution in [3.8, 4) is 11.5 Å². The minimum Gasteiger partial charge on any atom is -0.466 e. The number of rotatable bonds is 40. The molecule has 9 heteroatoms. The molecule has 0 aromatic heterocycles. The van der Waals surface area contributed by atoms with Crippen LogP contribution in [0.15, 0.2) is 24.3 Å². The van der Waals surface area contributed by atoms with Gasteiger partial charge >= 0.3 is 20.5 Å². The normalized spacial score (nSPS) is 13.5. The Morgan fingerprint density at radius 2 is 0.706 bits per heavy atom. The largest absolute Gasteiger partial charge is 0.466 e. The van der Waals surface area contributed by atoms with E-state index in [1.165, 1.54) is 103 Å². The van der Waals surface area contributed by atoms with Crippen molar-refractivity contribution < 1.29 is 37.4 Å². The summed E-state index contributed by atoms with van der Waals surface area (Å²) in [6.45, 7) is 23.0. The lowest BCUT2D eigenvalue weighted by Crippen LogP contribution is -2.11. The summed E-state index contributed by atoms with van der Waals surface area (Å²) in [6, 6.07) is 8.67. The third kappa shape index (κ3) is 26.0. The van der Waals surface area contributed by atoms with Crippen LogP contribution >= 0.6 is 8.60 Å². The fraction of sp³-hybridized carbons (Fsp3) is 0.763. The molecule has 0 radical (unpaired) electrons. The van der Waals surface area contributed by atoms with Crippen LogP contribution in [0.3, 0.4) is 0 Å². The maximum atomic E-state index is 12.9. The highest BCUT2D eigenvalue weighted by Crippen LogP contribution is 2.49. The molecule has 2 rings (SSSR count). The molecule has 0 aliphatic rings. The second kappa shape index (κ2) is 40.0. The van der Waals surface area contributed by atoms with Gasteiger partial charge in [-0.2, -0.15) is 0 Å². The molecule has 392 valence electrons. The summed E-state index contributed by atoms with van der Waals surface area (Å²) < 4.78 is 34.1. The van der Waals surface area contributed by atoms with Gasteiger partial charge in [0.2, 0.25) is 0 Å². The second-order valence-corrected chi connectivity index (χ2v) is 20.5. The third-order valence-corrected chi connectivity index (χ3v) is 14.8. The highest BCUT2D eigenvalue weighted by Gasteiger charge is 2.28. The topological polar surface area (TPSA) is 91.3 Å². The Morgan fingerprint density at radius 1 is 0.456 bits per heavy atom. The Balaban J connectivity index is 0.0000114. The molecule has 0 amide bonds. The van der Waals surface area contributed by atoms with Crippen LogP contribution in [0.5, 0.6) is 11.5 Å². The molecule has 0 saturated carbocycles. The Morgan fingerprint density at radius 3 is 0.956 bits per heavy atom. The van der Waals surface area contributed by atoms with Crippen molar-refractivity contribution >= 4 is 20.5 Å². The van der Waals surface area contributed by atoms with Gasteiger partial charge in [-0.1, -0.05) is 209 Å². The molecule has 4 atom stereocenters. The maximum Gasteiger partial charge on any atom is 0.460 e. The first kappa shape index (κ1) is 63.3. The molecule has 7 nitrogen and oxygen atoms in total. The van der Waals surface area contributed by atoms with Gasteiger partial charge in [-0.15, -0.1) is 0 Å². The summed E-state index contributed by atoms with van der Waals surface area (Å²) in [5, 5.41) is 0. The number of benzene rings is 2. The number of esters is 2. The van der Waals surface area contributed by atoms with E-state index >= 15 is 0 Å². The summed E-state index contributed by atoms with van der Waals surface area (Å²) in [7, 11) is -1.86. The molecule has 2 aromatic carbocycles. The Bertz CT molecular complexity index is 1420. The molecule has 0 aliphatic heterocycles. The van der Waals surface area contributed by atoms with Crippen molar-refractivity contribution in [1.29, 1.82) is 0 Å². The van der Waals surface area contributed by atoms with Crippen molar-refractivity contribution in [3.63, 3.8) is 0 Å². The van der Waals surface area contributed by atoms with Crippen molar-refractivity contribution in [2.75, 3.05) is 20.4 Å². The van der Waals surface area contributed by atoms with Crippen LogP contribution in [0.2, 0.25) is 0 Å². The van der Waals surface area contributed by atoms with Crippen LogP contribution in [0.25, 0.3) is 0 Å². The van der Waals surface area contributed by atoms with E-state index in [1.807, 2.05) is 0 Å². The van der Waals surface area contributed by atoms with Crippen LogP contribution in [-0.4, -0.2) is 37.2 Å². The number of halogens is 1. The molecule has 0 heterocycles. The molecule has 0 fully saturated rings. The standard InChI is InChI=1S/C58H99O7P.CH3F/c1-11-17-19-21-23-25-27-29-31-33-39-62-55(59)37-35-49-41-51(45(7)13-3)57(52(42-49)46(8)14-4)64-66(61)65-58-53(47(9)15-5)43-50(44-54(58)48(10)16-6)36-38-56(60)63-40-34-32-30-28-26-24-22-20-18-12-2;1-2/h41-48,61H,11-40H2,1-10H3;1H3. The predicted octanol–water partition coefficient (Wildman–Crippen LogP) is 18.8. The fourth-order valence-corrected chi connectivity index (χ4v) is 9.46. The molecule has 0 spiro atoms. The molecule has 0 saturated heterocycles. The van der Waals surface area contributed by atoms with Crippen LogP contribution in [-0.2, 0) is 31.9 Å². The number of ether oxygens (including phenoxy) is 2. The Labute approximate surface area is 418 Å². The van der Waals surface area contributed by atoms with Crippen LogP contribution < -0.4 is 9.05 Å². The van der Waals surface area contributed by atoms with E-state index in [9.17, 15) is 18.9 Å². The van der Waals surface area contributed by atoms with Gasteiger partial charge in [-0.05, 0) is 108 Å². The van der Waals surface area contributed by atoms with Gasteiger partial charge in [0.1, 0.15) is 11.5 Å². The maximum absolute atomic E-state index is 12.9. The number of carbonyl (C=O) groups excluding carboxylic acids is 2. The number of alkyl halides is 1. The van der Waals surface area contributed by atoms with Gasteiger partial charge in [-0.3, -0.25) is 14.0 Å². The van der Waals surface area contributed by atoms with E-state index in [1.54, 1.807) is 0 Å². The van der Waals surface area contributed by atoms with Crippen molar-refractivity contribution in [2.24, 2.45) is 0 Å². The summed E-state index contributed by atoms with van der Waals surface area (Å²) in [4.78, 5) is 37.6. The molecular formula is C59H102FO7P. The van der Waals surface area contributed by atoms with Gasteiger partial charge in [0.05, 0.1) is 20.4 Å². The van der Waals surface area contributed by atoms with Crippen LogP contribution in [0.4, 0.5) is 4.39 Å². The minimum absolute atomic E-state index is 0.145. The van der Waals surface area contributed by atoms with Gasteiger partial charge in [0.25, 0.3) is 0 Å². The highest BCUT2D eigenvalue weighted by atomic mass is 31.2. The number of unbranched alkanes of at least 4 members (excludes halogenated alkanes) is 18. The van der Waals surface area contributed by atoms with Crippen LogP contribution in [0, 0.1) is 0 Å². The van der Waals surface area contributed by atoms with Crippen molar-refractivity contribution in [2.45, 2.75) is 273 Å². The van der Waals surface area contributed by atoms with Gasteiger partial charge in [0.15, 0.2) is 0 Å². The van der Waals surface area contributed by atoms with E-state index in [-0.39, 0.29) is 35.6 Å². The predicted molar refractivity (Wildman–Crippen MR) is 287 cm³/mol. The highest BCUT2D eigenvalue weighted by molar-refractivity contribution is 7.41. The molecular weight excluding hydrogens is 871 g/mol. The lowest BCUT2D eigenvalue weighted by atomic mass is 9.87. The van der Waals surface area contributed by atoms with Gasteiger partial charge < -0.3 is 23.4 Å². The Hall–Kier alpha value is -2.70. The van der Waals surface area contributed by atoms with E-state index in [4.69, 9.17) is 18.5 Å². The second-order valence-electron chi connectivity index (χ2n) is 19.7. The molecule has 4 unspecified atom stereocenters. The zero-order valence-electron chi connectivity index (χ0n) is 45.6. The monoisotopic (exact) mass is 973 g/mol. The van der Waals surface area contributed by atoms with E-state index in [0.29, 0.717) is 57.6 Å². The van der Waals surface area contributed by atoms with Gasteiger partial charge in [0, 0.05) is 12.8 Å². The first-order valence-electron chi connectivity index (χ1n) is 27.8. The zero-order valence-corrected chi connectivity index (χ0v) is 46.4. The summed E-state index contributed by atoms with van der Waals surface area (Å²) >= 11 is 0.